The number of hydrogen-bond acceptors (Lipinski definition) is 6. The van der Waals surface area contributed by atoms with Gasteiger partial charge in [-0.25, -0.2) is 9.67 Å². The molecule has 0 aliphatic heterocycles. The Labute approximate surface area is 118 Å². The van der Waals surface area contributed by atoms with Gasteiger partial charge in [0, 0.05) is 19.2 Å². The summed E-state index contributed by atoms with van der Waals surface area (Å²) in [6, 6.07) is 5.05. The van der Waals surface area contributed by atoms with Crippen molar-refractivity contribution in [3.05, 3.63) is 50.6 Å². The number of benzene rings is 1. The minimum atomic E-state index is -0.613. The lowest BCUT2D eigenvalue weighted by Crippen LogP contribution is -2.18. The van der Waals surface area contributed by atoms with Crippen LogP contribution in [0, 0.1) is 22.4 Å². The molecule has 0 aliphatic carbocycles. The smallest absolute Gasteiger partial charge is 0.451 e. The number of nitro groups is 1. The molecular formula is C12H10N6O3. The molecule has 0 bridgehead atoms. The number of aryl methyl sites for hydroxylation is 2. The van der Waals surface area contributed by atoms with Gasteiger partial charge in [0.1, 0.15) is 0 Å². The monoisotopic (exact) mass is 286 g/mol. The molecule has 0 radical (unpaired) electrons. The van der Waals surface area contributed by atoms with E-state index in [1.165, 1.54) is 28.9 Å². The van der Waals surface area contributed by atoms with Crippen LogP contribution in [0.2, 0.25) is 0 Å². The van der Waals surface area contributed by atoms with Crippen LogP contribution in [0.15, 0.2) is 29.3 Å². The molecule has 0 fully saturated rings. The van der Waals surface area contributed by atoms with Gasteiger partial charge in [0.15, 0.2) is 10.7 Å². The maximum atomic E-state index is 12.0. The Hall–Kier alpha value is -3.28. The van der Waals surface area contributed by atoms with E-state index >= 15 is 0 Å². The van der Waals surface area contributed by atoms with Crippen molar-refractivity contribution in [3.8, 4) is 0 Å². The largest absolute Gasteiger partial charge is 0.858 e. The Bertz CT molecular complexity index is 770. The number of rotatable bonds is 3. The first-order valence-electron chi connectivity index (χ1n) is 5.83. The van der Waals surface area contributed by atoms with Crippen molar-refractivity contribution in [2.45, 2.75) is 6.92 Å². The summed E-state index contributed by atoms with van der Waals surface area (Å²) in [7, 11) is 1.56. The second kappa shape index (κ2) is 5.38. The molecule has 0 unspecified atom stereocenters. The lowest BCUT2D eigenvalue weighted by molar-refractivity contribution is -0.384. The second-order valence-electron chi connectivity index (χ2n) is 4.20. The van der Waals surface area contributed by atoms with Crippen LogP contribution in [0.1, 0.15) is 11.3 Å². The molecule has 9 nitrogen and oxygen atoms in total. The third-order valence-electron chi connectivity index (χ3n) is 2.79. The molecule has 2 rings (SSSR count). The summed E-state index contributed by atoms with van der Waals surface area (Å²) in [5, 5.41) is 35.5. The van der Waals surface area contributed by atoms with E-state index in [2.05, 4.69) is 15.1 Å². The van der Waals surface area contributed by atoms with Crippen LogP contribution in [0.4, 0.5) is 17.2 Å². The van der Waals surface area contributed by atoms with E-state index in [0.29, 0.717) is 5.69 Å². The van der Waals surface area contributed by atoms with E-state index in [-0.39, 0.29) is 22.8 Å². The van der Waals surface area contributed by atoms with Crippen molar-refractivity contribution >= 4 is 23.1 Å². The van der Waals surface area contributed by atoms with Crippen molar-refractivity contribution in [3.63, 3.8) is 0 Å². The molecule has 1 heterocycles. The highest BCUT2D eigenvalue weighted by Crippen LogP contribution is 2.31. The normalized spacial score (nSPS) is 11.2. The van der Waals surface area contributed by atoms with Gasteiger partial charge in [0.25, 0.3) is 5.69 Å². The number of nitrogens with zero attached hydrogens (tertiary/aromatic N) is 6. The maximum absolute atomic E-state index is 12.0. The molecule has 1 aromatic heterocycles. The zero-order valence-corrected chi connectivity index (χ0v) is 11.2. The van der Waals surface area contributed by atoms with Crippen molar-refractivity contribution < 1.29 is 10.0 Å². The van der Waals surface area contributed by atoms with Crippen molar-refractivity contribution in [2.75, 3.05) is 0 Å². The second-order valence-corrected chi connectivity index (χ2v) is 4.20. The Balaban J connectivity index is 2.42. The van der Waals surface area contributed by atoms with Crippen LogP contribution in [0.5, 0.6) is 0 Å². The molecule has 9 heteroatoms. The van der Waals surface area contributed by atoms with Gasteiger partial charge in [0.05, 0.1) is 4.92 Å². The summed E-state index contributed by atoms with van der Waals surface area (Å²) < 4.78 is 1.31. The minimum Gasteiger partial charge on any atom is -0.858 e. The van der Waals surface area contributed by atoms with E-state index in [1.54, 1.807) is 14.0 Å². The van der Waals surface area contributed by atoms with Crippen molar-refractivity contribution in [1.82, 2.24) is 9.78 Å². The average Bonchev–Trinajstić information content (AvgIpc) is 2.72. The van der Waals surface area contributed by atoms with E-state index in [4.69, 9.17) is 5.39 Å². The van der Waals surface area contributed by atoms with Gasteiger partial charge in [-0.05, 0) is 30.5 Å². The van der Waals surface area contributed by atoms with Gasteiger partial charge in [-0.2, -0.15) is 5.10 Å². The van der Waals surface area contributed by atoms with Gasteiger partial charge in [0.2, 0.25) is 11.2 Å². The molecule has 21 heavy (non-hydrogen) atoms. The Morgan fingerprint density at radius 1 is 1.43 bits per heavy atom. The molecule has 0 atom stereocenters. The Morgan fingerprint density at radius 2 is 2.05 bits per heavy atom. The van der Waals surface area contributed by atoms with Crippen LogP contribution in [0.25, 0.3) is 4.98 Å². The zero-order chi connectivity index (χ0) is 15.6. The predicted molar refractivity (Wildman–Crippen MR) is 72.0 cm³/mol. The molecule has 0 saturated heterocycles. The molecule has 0 N–H and O–H groups in total. The van der Waals surface area contributed by atoms with Gasteiger partial charge in [-0.3, -0.25) is 10.1 Å². The summed E-state index contributed by atoms with van der Waals surface area (Å²) in [5.41, 5.74) is 0.598. The van der Waals surface area contributed by atoms with E-state index < -0.39 is 10.8 Å². The molecular weight excluding hydrogens is 276 g/mol. The lowest BCUT2D eigenvalue weighted by Gasteiger charge is -2.09. The van der Waals surface area contributed by atoms with Gasteiger partial charge in [-0.1, -0.05) is 0 Å². The average molecular weight is 286 g/mol. The van der Waals surface area contributed by atoms with Gasteiger partial charge < -0.3 is 5.11 Å². The third kappa shape index (κ3) is 2.69. The molecule has 2 aromatic rings. The molecule has 1 aromatic carbocycles. The number of aromatic nitrogens is 2. The quantitative estimate of drug-likeness (QED) is 0.278. The Kier molecular flexibility index (Phi) is 3.62. The van der Waals surface area contributed by atoms with Crippen molar-refractivity contribution in [2.24, 2.45) is 12.0 Å². The SMILES string of the molecule is Cc1nn(C)c(N=C([O-])c2ccc([N+](=O)[O-])cc2)c1[N+]#N. The first-order chi connectivity index (χ1) is 9.93. The van der Waals surface area contributed by atoms with Crippen LogP contribution in [0.3, 0.4) is 0 Å². The topological polar surface area (TPSA) is 125 Å². The summed E-state index contributed by atoms with van der Waals surface area (Å²) in [5.74, 6) is -0.504. The molecule has 0 amide bonds. The van der Waals surface area contributed by atoms with E-state index in [1.807, 2.05) is 0 Å². The maximum Gasteiger partial charge on any atom is 0.451 e. The minimum absolute atomic E-state index is 0.104. The fraction of sp³-hybridized carbons (Fsp3) is 0.167. The first-order valence-corrected chi connectivity index (χ1v) is 5.83. The van der Waals surface area contributed by atoms with Crippen LogP contribution in [-0.2, 0) is 7.05 Å². The zero-order valence-electron chi connectivity index (χ0n) is 11.2. The van der Waals surface area contributed by atoms with Crippen LogP contribution in [-0.4, -0.2) is 20.6 Å². The Morgan fingerprint density at radius 3 is 2.57 bits per heavy atom. The highest BCUT2D eigenvalue weighted by molar-refractivity contribution is 5.93. The molecule has 106 valence electrons. The fourth-order valence-electron chi connectivity index (χ4n) is 1.76. The number of diazo groups is 1. The highest BCUT2D eigenvalue weighted by Gasteiger charge is 2.24. The fourth-order valence-corrected chi connectivity index (χ4v) is 1.76. The summed E-state index contributed by atoms with van der Waals surface area (Å²) in [6.45, 7) is 1.62. The molecule has 0 saturated carbocycles. The molecule has 0 spiro atoms. The predicted octanol–water partition coefficient (Wildman–Crippen LogP) is 1.56. The first kappa shape index (κ1) is 14.1. The number of nitro benzene ring substituents is 1. The van der Waals surface area contributed by atoms with E-state index in [9.17, 15) is 15.2 Å². The highest BCUT2D eigenvalue weighted by atomic mass is 16.6. The van der Waals surface area contributed by atoms with Gasteiger partial charge >= 0.3 is 5.69 Å². The standard InChI is InChI=1S/C12H10N6O3/c1-7-10(15-13)11(17(2)16-7)14-12(19)8-3-5-9(6-4-8)18(20)21/h3-6H,1-2H3. The van der Waals surface area contributed by atoms with E-state index in [0.717, 1.165) is 0 Å². The van der Waals surface area contributed by atoms with Crippen LogP contribution >= 0.6 is 0 Å². The summed E-state index contributed by atoms with van der Waals surface area (Å²) >= 11 is 0. The summed E-state index contributed by atoms with van der Waals surface area (Å²) in [4.78, 5) is 16.9. The summed E-state index contributed by atoms with van der Waals surface area (Å²) in [6.07, 6.45) is 0. The number of non-ortho nitro benzene ring substituents is 1. The number of hydrogen-bond donors (Lipinski definition) is 0. The van der Waals surface area contributed by atoms with Gasteiger partial charge in [-0.15, -0.1) is 0 Å². The van der Waals surface area contributed by atoms with Crippen molar-refractivity contribution in [1.29, 1.82) is 5.39 Å². The lowest BCUT2D eigenvalue weighted by atomic mass is 10.2. The molecule has 0 aliphatic rings. The third-order valence-corrected chi connectivity index (χ3v) is 2.79. The van der Waals surface area contributed by atoms with Crippen LogP contribution < -0.4 is 5.11 Å². The number of aliphatic imine (C=N–C) groups is 1.